The second-order valence-corrected chi connectivity index (χ2v) is 5.46. The molecule has 0 atom stereocenters. The summed E-state index contributed by atoms with van der Waals surface area (Å²) >= 11 is 0. The summed E-state index contributed by atoms with van der Waals surface area (Å²) in [6.07, 6.45) is 2.18. The van der Waals surface area contributed by atoms with Gasteiger partial charge in [0.2, 0.25) is 0 Å². The molecule has 0 saturated carbocycles. The normalized spacial score (nSPS) is 19.0. The Morgan fingerprint density at radius 1 is 1.39 bits per heavy atom. The van der Waals surface area contributed by atoms with Gasteiger partial charge in [0.1, 0.15) is 11.5 Å². The predicted octanol–water partition coefficient (Wildman–Crippen LogP) is 2.15. The highest BCUT2D eigenvalue weighted by Gasteiger charge is 2.33. The van der Waals surface area contributed by atoms with Crippen molar-refractivity contribution >= 4 is 5.78 Å². The van der Waals surface area contributed by atoms with Crippen LogP contribution in [-0.2, 0) is 0 Å². The lowest BCUT2D eigenvalue weighted by molar-refractivity contribution is 0.0869. The number of hydrogen-bond acceptors (Lipinski definition) is 4. The molecule has 1 fully saturated rings. The molecule has 0 unspecified atom stereocenters. The van der Waals surface area contributed by atoms with Crippen molar-refractivity contribution in [3.63, 3.8) is 0 Å². The molecule has 0 bridgehead atoms. The second-order valence-electron chi connectivity index (χ2n) is 5.46. The van der Waals surface area contributed by atoms with Gasteiger partial charge in [0.15, 0.2) is 5.78 Å². The van der Waals surface area contributed by atoms with Crippen LogP contribution < -0.4 is 0 Å². The molecular formula is C14H19NO3. The van der Waals surface area contributed by atoms with Gasteiger partial charge in [-0.25, -0.2) is 0 Å². The van der Waals surface area contributed by atoms with Crippen LogP contribution in [0.4, 0.5) is 0 Å². The van der Waals surface area contributed by atoms with Crippen LogP contribution in [0.2, 0.25) is 0 Å². The zero-order chi connectivity index (χ0) is 13.3. The van der Waals surface area contributed by atoms with Crippen LogP contribution in [-0.4, -0.2) is 39.5 Å². The van der Waals surface area contributed by atoms with Crippen LogP contribution in [0.3, 0.4) is 0 Å². The van der Waals surface area contributed by atoms with Gasteiger partial charge in [0.25, 0.3) is 0 Å². The maximum absolute atomic E-state index is 12.1. The minimum absolute atomic E-state index is 0.0365. The third-order valence-corrected chi connectivity index (χ3v) is 3.69. The lowest BCUT2D eigenvalue weighted by Crippen LogP contribution is -2.41. The van der Waals surface area contributed by atoms with Crippen LogP contribution in [0.1, 0.15) is 37.0 Å². The quantitative estimate of drug-likeness (QED) is 0.806. The van der Waals surface area contributed by atoms with Gasteiger partial charge in [0.05, 0.1) is 12.1 Å². The Hall–Kier alpha value is -1.55. The van der Waals surface area contributed by atoms with Gasteiger partial charge in [0, 0.05) is 11.6 Å². The zero-order valence-electron chi connectivity index (χ0n) is 10.8. The number of likely N-dealkylation sites (tertiary alicyclic amines) is 1. The van der Waals surface area contributed by atoms with Crippen molar-refractivity contribution in [1.29, 1.82) is 0 Å². The molecule has 0 aliphatic carbocycles. The third kappa shape index (κ3) is 2.48. The highest BCUT2D eigenvalue weighted by atomic mass is 16.3. The SMILES string of the molecule is CC1(C)CCCN1CC(=O)c1ccc(O)cc1O. The van der Waals surface area contributed by atoms with Crippen LogP contribution in [0.15, 0.2) is 18.2 Å². The number of nitrogens with zero attached hydrogens (tertiary/aromatic N) is 1. The van der Waals surface area contributed by atoms with Crippen molar-refractivity contribution < 1.29 is 15.0 Å². The van der Waals surface area contributed by atoms with E-state index in [2.05, 4.69) is 18.7 Å². The summed E-state index contributed by atoms with van der Waals surface area (Å²) in [6.45, 7) is 5.48. The van der Waals surface area contributed by atoms with E-state index in [0.717, 1.165) is 19.4 Å². The summed E-state index contributed by atoms with van der Waals surface area (Å²) in [7, 11) is 0. The highest BCUT2D eigenvalue weighted by Crippen LogP contribution is 2.29. The van der Waals surface area contributed by atoms with E-state index in [0.29, 0.717) is 6.54 Å². The number of aromatic hydroxyl groups is 2. The molecule has 4 nitrogen and oxygen atoms in total. The Morgan fingerprint density at radius 2 is 2.11 bits per heavy atom. The van der Waals surface area contributed by atoms with Crippen LogP contribution in [0, 0.1) is 0 Å². The van der Waals surface area contributed by atoms with Gasteiger partial charge in [-0.05, 0) is 45.4 Å². The summed E-state index contributed by atoms with van der Waals surface area (Å²) in [6, 6.07) is 4.08. The number of hydrogen-bond donors (Lipinski definition) is 2. The Morgan fingerprint density at radius 3 is 2.67 bits per heavy atom. The number of Topliss-reactive ketones (excluding diaryl/α,β-unsaturated/α-hetero) is 1. The molecule has 1 heterocycles. The standard InChI is InChI=1S/C14H19NO3/c1-14(2)6-3-7-15(14)9-13(18)11-5-4-10(16)8-12(11)17/h4-5,8,16-17H,3,6-7,9H2,1-2H3. The van der Waals surface area contributed by atoms with Gasteiger partial charge in [-0.3, -0.25) is 9.69 Å². The molecular weight excluding hydrogens is 230 g/mol. The Labute approximate surface area is 107 Å². The summed E-state index contributed by atoms with van der Waals surface area (Å²) in [5, 5.41) is 18.9. The number of rotatable bonds is 3. The molecule has 1 aliphatic rings. The molecule has 0 amide bonds. The van der Waals surface area contributed by atoms with Crippen molar-refractivity contribution in [3.8, 4) is 11.5 Å². The van der Waals surface area contributed by atoms with Crippen molar-refractivity contribution in [2.45, 2.75) is 32.2 Å². The van der Waals surface area contributed by atoms with E-state index in [4.69, 9.17) is 0 Å². The number of benzene rings is 1. The van der Waals surface area contributed by atoms with Gasteiger partial charge >= 0.3 is 0 Å². The Bertz CT molecular complexity index is 468. The summed E-state index contributed by atoms with van der Waals surface area (Å²) in [4.78, 5) is 14.3. The lowest BCUT2D eigenvalue weighted by atomic mass is 10.0. The number of carbonyl (C=O) groups is 1. The molecule has 2 rings (SSSR count). The van der Waals surface area contributed by atoms with E-state index in [1.54, 1.807) is 0 Å². The van der Waals surface area contributed by atoms with Crippen molar-refractivity contribution in [2.75, 3.05) is 13.1 Å². The van der Waals surface area contributed by atoms with Crippen LogP contribution in [0.5, 0.6) is 11.5 Å². The Kier molecular flexibility index (Phi) is 3.30. The number of phenolic OH excluding ortho intramolecular Hbond substituents is 2. The number of phenols is 2. The number of ketones is 1. The molecule has 18 heavy (non-hydrogen) atoms. The van der Waals surface area contributed by atoms with E-state index in [1.165, 1.54) is 18.2 Å². The molecule has 0 radical (unpaired) electrons. The molecule has 0 spiro atoms. The van der Waals surface area contributed by atoms with Crippen LogP contribution >= 0.6 is 0 Å². The molecule has 4 heteroatoms. The second kappa shape index (κ2) is 4.61. The molecule has 1 aromatic carbocycles. The third-order valence-electron chi connectivity index (χ3n) is 3.69. The first kappa shape index (κ1) is 12.9. The summed E-state index contributed by atoms with van der Waals surface area (Å²) in [5.74, 6) is -0.301. The Balaban J connectivity index is 2.13. The monoisotopic (exact) mass is 249 g/mol. The van der Waals surface area contributed by atoms with Crippen molar-refractivity contribution in [2.24, 2.45) is 0 Å². The summed E-state index contributed by atoms with van der Waals surface area (Å²) in [5.41, 5.74) is 0.317. The fourth-order valence-corrected chi connectivity index (χ4v) is 2.47. The predicted molar refractivity (Wildman–Crippen MR) is 69.0 cm³/mol. The van der Waals surface area contributed by atoms with Gasteiger partial charge in [-0.2, -0.15) is 0 Å². The number of carbonyl (C=O) groups excluding carboxylic acids is 1. The zero-order valence-corrected chi connectivity index (χ0v) is 10.8. The van der Waals surface area contributed by atoms with Gasteiger partial charge in [-0.15, -0.1) is 0 Å². The maximum atomic E-state index is 12.1. The molecule has 2 N–H and O–H groups in total. The van der Waals surface area contributed by atoms with Gasteiger partial charge in [-0.1, -0.05) is 0 Å². The topological polar surface area (TPSA) is 60.8 Å². The molecule has 98 valence electrons. The molecule has 1 saturated heterocycles. The molecule has 1 aromatic rings. The molecule has 0 aromatic heterocycles. The lowest BCUT2D eigenvalue weighted by Gasteiger charge is -2.30. The van der Waals surface area contributed by atoms with E-state index < -0.39 is 0 Å². The van der Waals surface area contributed by atoms with Crippen molar-refractivity contribution in [1.82, 2.24) is 4.90 Å². The van der Waals surface area contributed by atoms with E-state index in [-0.39, 0.29) is 28.4 Å². The minimum Gasteiger partial charge on any atom is -0.508 e. The average Bonchev–Trinajstić information content (AvgIpc) is 2.58. The first-order valence-electron chi connectivity index (χ1n) is 6.20. The largest absolute Gasteiger partial charge is 0.508 e. The van der Waals surface area contributed by atoms with Crippen molar-refractivity contribution in [3.05, 3.63) is 23.8 Å². The fourth-order valence-electron chi connectivity index (χ4n) is 2.47. The minimum atomic E-state index is -0.156. The highest BCUT2D eigenvalue weighted by molar-refractivity contribution is 6.00. The molecule has 1 aliphatic heterocycles. The van der Waals surface area contributed by atoms with E-state index >= 15 is 0 Å². The maximum Gasteiger partial charge on any atom is 0.180 e. The fraction of sp³-hybridized carbons (Fsp3) is 0.500. The summed E-state index contributed by atoms with van der Waals surface area (Å²) < 4.78 is 0. The van der Waals surface area contributed by atoms with E-state index in [1.807, 2.05) is 0 Å². The first-order chi connectivity index (χ1) is 8.40. The van der Waals surface area contributed by atoms with E-state index in [9.17, 15) is 15.0 Å². The van der Waals surface area contributed by atoms with Gasteiger partial charge < -0.3 is 10.2 Å². The first-order valence-corrected chi connectivity index (χ1v) is 6.20. The average molecular weight is 249 g/mol. The smallest absolute Gasteiger partial charge is 0.180 e. The van der Waals surface area contributed by atoms with Crippen LogP contribution in [0.25, 0.3) is 0 Å².